The Hall–Kier alpha value is -0.480. The van der Waals surface area contributed by atoms with Crippen LogP contribution < -0.4 is 0 Å². The van der Waals surface area contributed by atoms with E-state index in [4.69, 9.17) is 15.8 Å². The van der Waals surface area contributed by atoms with E-state index in [1.54, 1.807) is 0 Å². The molecule has 12 nitrogen and oxygen atoms in total. The molecule has 0 bridgehead atoms. The first kappa shape index (κ1) is 22.5. The molecule has 0 spiro atoms. The van der Waals surface area contributed by atoms with Gasteiger partial charge in [0.1, 0.15) is 0 Å². The van der Waals surface area contributed by atoms with Crippen molar-refractivity contribution in [3.05, 3.63) is 0 Å². The van der Waals surface area contributed by atoms with E-state index < -0.39 is 0 Å². The summed E-state index contributed by atoms with van der Waals surface area (Å²) in [5.74, 6) is 0. The highest BCUT2D eigenvalue weighted by Gasteiger charge is 2.16. The zero-order chi connectivity index (χ0) is 7.11. The van der Waals surface area contributed by atoms with Crippen LogP contribution in [-0.4, -0.2) is 32.2 Å². The van der Waals surface area contributed by atoms with Crippen molar-refractivity contribution in [1.82, 2.24) is 0 Å². The van der Waals surface area contributed by atoms with Crippen LogP contribution >= 0.6 is 0 Å². The molecule has 0 aliphatic heterocycles. The third-order valence-corrected chi connectivity index (χ3v) is 0.205. The number of hydrogen-bond donors (Lipinski definition) is 3. The smallest absolute Gasteiger partial charge is 0.201 e. The van der Waals surface area contributed by atoms with Gasteiger partial charge < -0.3 is 16.4 Å². The van der Waals surface area contributed by atoms with E-state index in [-0.39, 0.29) is 21.2 Å². The van der Waals surface area contributed by atoms with E-state index in [2.05, 4.69) is 25.2 Å². The zero-order valence-corrected chi connectivity index (χ0v) is 5.29. The molecule has 0 saturated carbocycles. The molecule has 0 radical (unpaired) electrons. The lowest BCUT2D eigenvalue weighted by Gasteiger charge is -1.90. The molecule has 0 rings (SSSR count). The molecule has 0 fully saturated rings. The zero-order valence-electron chi connectivity index (χ0n) is 5.29. The van der Waals surface area contributed by atoms with Gasteiger partial charge in [0.05, 0.1) is 0 Å². The Bertz CT molecular complexity index is 48.0. The molecule has 0 aromatic heterocycles. The Balaban J connectivity index is -0.000000107. The van der Waals surface area contributed by atoms with Crippen LogP contribution in [0.5, 0.6) is 0 Å². The highest BCUT2D eigenvalue weighted by atomic mass is 18.0. The van der Waals surface area contributed by atoms with Gasteiger partial charge in [0.15, 0.2) is 5.04 Å². The normalized spacial score (nSPS) is 8.00. The van der Waals surface area contributed by atoms with Crippen LogP contribution in [0.2, 0.25) is 0 Å². The highest BCUT2D eigenvalue weighted by Crippen LogP contribution is 1.93. The quantitative estimate of drug-likeness (QED) is 0.239. The molecule has 0 aliphatic rings. The Labute approximate surface area is 63.6 Å². The summed E-state index contributed by atoms with van der Waals surface area (Å²) in [6, 6.07) is 0. The Morgan fingerprint density at radius 2 is 1.33 bits per heavy atom. The molecule has 0 unspecified atom stereocenters. The second-order valence-electron chi connectivity index (χ2n) is 0.570. The summed E-state index contributed by atoms with van der Waals surface area (Å²) in [5.41, 5.74) is 0. The largest absolute Gasteiger partial charge is 0.412 e. The van der Waals surface area contributed by atoms with Crippen LogP contribution in [0.1, 0.15) is 0 Å². The average molecular weight is 201 g/mol. The summed E-state index contributed by atoms with van der Waals surface area (Å²) in [6.45, 7) is 0. The fraction of sp³-hybridized carbons (Fsp3) is 0. The van der Waals surface area contributed by atoms with Crippen molar-refractivity contribution in [2.24, 2.45) is 0 Å². The third kappa shape index (κ3) is 16.3. The minimum absolute atomic E-state index is 0. The Morgan fingerprint density at radius 1 is 0.833 bits per heavy atom. The van der Waals surface area contributed by atoms with E-state index in [1.807, 2.05) is 0 Å². The molecule has 0 saturated heterocycles. The molecule has 12 heteroatoms. The molecule has 0 aliphatic carbocycles. The maximum Gasteiger partial charge on any atom is 0.201 e. The molecule has 9 N–H and O–H groups in total. The van der Waals surface area contributed by atoms with E-state index in [9.17, 15) is 0 Å². The minimum atomic E-state index is 0. The van der Waals surface area contributed by atoms with Gasteiger partial charge in [0.25, 0.3) is 0 Å². The SMILES string of the molecule is O.O.O.OOOO[O+](O)OOO. The maximum atomic E-state index is 7.88. The van der Waals surface area contributed by atoms with Gasteiger partial charge >= 0.3 is 0 Å². The van der Waals surface area contributed by atoms with Crippen molar-refractivity contribution in [3.8, 4) is 0 Å². The lowest BCUT2D eigenvalue weighted by atomic mass is 14.0. The molecule has 0 aromatic carbocycles. The lowest BCUT2D eigenvalue weighted by Crippen LogP contribution is -2.11. The second kappa shape index (κ2) is 16.9. The highest BCUT2D eigenvalue weighted by molar-refractivity contribution is 3.08. The van der Waals surface area contributed by atoms with Gasteiger partial charge in [-0.25, -0.2) is 10.5 Å². The molecule has 80 valence electrons. The van der Waals surface area contributed by atoms with Crippen LogP contribution in [0.15, 0.2) is 0 Å². The molecular weight excluding hydrogens is 192 g/mol. The maximum absolute atomic E-state index is 7.88. The first-order valence-electron chi connectivity index (χ1n) is 1.38. The van der Waals surface area contributed by atoms with Crippen molar-refractivity contribution in [3.63, 3.8) is 0 Å². The number of rotatable bonds is 5. The summed E-state index contributed by atoms with van der Waals surface area (Å²) < 4.78 is 0. The van der Waals surface area contributed by atoms with Crippen molar-refractivity contribution >= 4 is 0 Å². The van der Waals surface area contributed by atoms with E-state index in [0.717, 1.165) is 0 Å². The van der Waals surface area contributed by atoms with Crippen molar-refractivity contribution in [1.29, 1.82) is 0 Å². The van der Waals surface area contributed by atoms with Crippen molar-refractivity contribution in [2.45, 2.75) is 0 Å². The van der Waals surface area contributed by atoms with Crippen LogP contribution in [0, 0.1) is 0 Å². The van der Waals surface area contributed by atoms with Gasteiger partial charge in [-0.15, -0.1) is 0 Å². The standard InChI is InChI=1S/H2O9.3H2O/c1-4-6-8-9(3)7-5-2;;;/h3H,(H-,1,2);3*1H2/p+1. The fourth-order valence-corrected chi connectivity index (χ4v) is 0.0736. The minimum Gasteiger partial charge on any atom is -0.412 e. The predicted molar refractivity (Wildman–Crippen MR) is 25.2 cm³/mol. The molecule has 0 atom stereocenters. The summed E-state index contributed by atoms with van der Waals surface area (Å²) >= 11 is 0. The molecule has 0 aromatic rings. The molecule has 0 amide bonds. The lowest BCUT2D eigenvalue weighted by molar-refractivity contribution is -0.960. The van der Waals surface area contributed by atoms with Crippen LogP contribution in [-0.2, 0) is 30.0 Å². The van der Waals surface area contributed by atoms with Crippen molar-refractivity contribution in [2.75, 3.05) is 0 Å². The summed E-state index contributed by atoms with van der Waals surface area (Å²) in [4.78, 5) is 0.125. The Morgan fingerprint density at radius 3 is 1.67 bits per heavy atom. The van der Waals surface area contributed by atoms with Crippen molar-refractivity contribution < 1.29 is 62.2 Å². The number of hydrogen-bond acceptors (Lipinski definition) is 8. The first-order chi connectivity index (χ1) is 4.31. The molecule has 12 heavy (non-hydrogen) atoms. The van der Waals surface area contributed by atoms with E-state index >= 15 is 0 Å². The predicted octanol–water partition coefficient (Wildman–Crippen LogP) is -2.86. The van der Waals surface area contributed by atoms with Gasteiger partial charge in [0, 0.05) is 10.1 Å². The van der Waals surface area contributed by atoms with Gasteiger partial charge in [0.2, 0.25) is 9.86 Å². The second-order valence-corrected chi connectivity index (χ2v) is 0.570. The van der Waals surface area contributed by atoms with E-state index in [1.165, 1.54) is 0 Å². The average Bonchev–Trinajstić information content (AvgIpc) is 1.85. The van der Waals surface area contributed by atoms with Gasteiger partial charge in [-0.1, -0.05) is 0 Å². The Kier molecular flexibility index (Phi) is 31.7. The summed E-state index contributed by atoms with van der Waals surface area (Å²) in [7, 11) is 0. The van der Waals surface area contributed by atoms with Crippen LogP contribution in [0.25, 0.3) is 0 Å². The van der Waals surface area contributed by atoms with Gasteiger partial charge in [-0.2, -0.15) is 0 Å². The summed E-state index contributed by atoms with van der Waals surface area (Å²) in [6.07, 6.45) is 0. The van der Waals surface area contributed by atoms with Gasteiger partial charge in [-0.3, -0.25) is 0 Å². The fourth-order valence-electron chi connectivity index (χ4n) is 0.0736. The van der Waals surface area contributed by atoms with E-state index in [0.29, 0.717) is 0 Å². The molecule has 0 heterocycles. The van der Waals surface area contributed by atoms with Crippen LogP contribution in [0.3, 0.4) is 0 Å². The van der Waals surface area contributed by atoms with Crippen LogP contribution in [0.4, 0.5) is 0 Å². The third-order valence-electron chi connectivity index (χ3n) is 0.205. The van der Waals surface area contributed by atoms with Gasteiger partial charge in [-0.05, 0) is 10.3 Å². The first-order valence-corrected chi connectivity index (χ1v) is 1.38. The topological polar surface area (TPSA) is 204 Å². The summed E-state index contributed by atoms with van der Waals surface area (Å²) in [5, 5.41) is 37.7. The monoisotopic (exact) mass is 201 g/mol. The molecular formula is H9O12+.